The molecular weight excluding hydrogens is 164 g/mol. The molecule has 0 bridgehead atoms. The van der Waals surface area contributed by atoms with Gasteiger partial charge < -0.3 is 22.1 Å². The quantitative estimate of drug-likeness (QED) is 0.471. The summed E-state index contributed by atoms with van der Waals surface area (Å²) in [5.74, 6) is 0. The first-order chi connectivity index (χ1) is 4.73. The molecule has 0 spiro atoms. The summed E-state index contributed by atoms with van der Waals surface area (Å²) in [5.41, 5.74) is 13.5. The number of hydrogen-bond acceptors (Lipinski definition) is 4. The average molecular weight is 189 g/mol. The van der Waals surface area contributed by atoms with Crippen LogP contribution in [0.5, 0.6) is 0 Å². The van der Waals surface area contributed by atoms with E-state index in [1.807, 2.05) is 26.0 Å². The van der Waals surface area contributed by atoms with Gasteiger partial charge in [0.15, 0.2) is 0 Å². The van der Waals surface area contributed by atoms with E-state index in [0.717, 1.165) is 0 Å². The molecule has 0 fully saturated rings. The minimum absolute atomic E-state index is 0. The highest BCUT2D eigenvalue weighted by atomic mass is 35.5. The summed E-state index contributed by atoms with van der Waals surface area (Å²) in [6.45, 7) is 0. The van der Waals surface area contributed by atoms with Crippen LogP contribution in [-0.2, 0) is 0 Å². The maximum atomic E-state index is 4.50. The van der Waals surface area contributed by atoms with Crippen LogP contribution in [0.3, 0.4) is 0 Å². The second-order valence-electron chi connectivity index (χ2n) is 1.34. The number of hydrogen-bond donors (Lipinski definition) is 3. The molecule has 0 saturated carbocycles. The predicted octanol–water partition coefficient (Wildman–Crippen LogP) is -0.676. The van der Waals surface area contributed by atoms with Crippen molar-refractivity contribution in [1.29, 1.82) is 0 Å². The minimum Gasteiger partial charge on any atom is -0.333 e. The Hall–Kier alpha value is 0.130. The third-order valence-electron chi connectivity index (χ3n) is 0. The molecule has 0 aliphatic carbocycles. The van der Waals surface area contributed by atoms with E-state index in [9.17, 15) is 0 Å². The number of rotatable bonds is 0. The lowest BCUT2D eigenvalue weighted by Gasteiger charge is -1.90. The van der Waals surface area contributed by atoms with Crippen LogP contribution in [0.25, 0.3) is 0 Å². The maximum absolute atomic E-state index is 4.50. The summed E-state index contributed by atoms with van der Waals surface area (Å²) in [7, 11) is 10.5. The van der Waals surface area contributed by atoms with E-state index in [4.69, 9.17) is 0 Å². The molecular formula is C6H25ClN4. The fraction of sp³-hybridized carbons (Fsp3) is 1.00. The van der Waals surface area contributed by atoms with Gasteiger partial charge in [0.05, 0.1) is 0 Å². The molecule has 0 aromatic rings. The Labute approximate surface area is 77.5 Å². The Bertz CT molecular complexity index is 19.3. The van der Waals surface area contributed by atoms with Gasteiger partial charge in [-0.1, -0.05) is 0 Å². The lowest BCUT2D eigenvalue weighted by molar-refractivity contribution is 0.505. The highest BCUT2D eigenvalue weighted by Crippen LogP contribution is 1.47. The van der Waals surface area contributed by atoms with E-state index in [-0.39, 0.29) is 12.4 Å². The Morgan fingerprint density at radius 1 is 0.636 bits per heavy atom. The topological polar surface area (TPSA) is 81.3 Å². The smallest absolute Gasteiger partial charge is 0.0140 e. The normalized spacial score (nSPS) is 4.91. The van der Waals surface area contributed by atoms with Crippen molar-refractivity contribution in [3.8, 4) is 0 Å². The second kappa shape index (κ2) is 86.2. The molecule has 0 rings (SSSR count). The van der Waals surface area contributed by atoms with Gasteiger partial charge in [-0.2, -0.15) is 0 Å². The molecule has 0 aromatic heterocycles. The van der Waals surface area contributed by atoms with Crippen LogP contribution in [-0.4, -0.2) is 47.2 Å². The van der Waals surface area contributed by atoms with E-state index in [1.165, 1.54) is 21.1 Å². The maximum Gasteiger partial charge on any atom is -0.0140 e. The van der Waals surface area contributed by atoms with E-state index < -0.39 is 0 Å². The van der Waals surface area contributed by atoms with Crippen LogP contribution in [0.2, 0.25) is 0 Å². The third kappa shape index (κ3) is 39600. The zero-order valence-electron chi connectivity index (χ0n) is 8.59. The Morgan fingerprint density at radius 2 is 0.636 bits per heavy atom. The monoisotopic (exact) mass is 188 g/mol. The summed E-state index contributed by atoms with van der Waals surface area (Å²) >= 11 is 0. The van der Waals surface area contributed by atoms with E-state index in [1.54, 1.807) is 0 Å². The van der Waals surface area contributed by atoms with Gasteiger partial charge in [0.2, 0.25) is 0 Å². The summed E-state index contributed by atoms with van der Waals surface area (Å²) < 4.78 is 0. The van der Waals surface area contributed by atoms with Crippen LogP contribution in [0, 0.1) is 0 Å². The highest BCUT2D eigenvalue weighted by Gasteiger charge is 1.58. The van der Waals surface area contributed by atoms with E-state index >= 15 is 0 Å². The van der Waals surface area contributed by atoms with Crippen LogP contribution in [0.4, 0.5) is 0 Å². The Morgan fingerprint density at radius 3 is 0.636 bits per heavy atom. The zero-order valence-corrected chi connectivity index (χ0v) is 9.40. The molecule has 0 unspecified atom stereocenters. The Balaban J connectivity index is -0.0000000152. The van der Waals surface area contributed by atoms with Crippen molar-refractivity contribution in [1.82, 2.24) is 4.90 Å². The SMILES string of the molecule is CN.CN.CN.CN(C)C.Cl. The largest absolute Gasteiger partial charge is 0.333 e. The van der Waals surface area contributed by atoms with Gasteiger partial charge in [0, 0.05) is 0 Å². The molecule has 5 heteroatoms. The molecule has 6 N–H and O–H groups in total. The van der Waals surface area contributed by atoms with Crippen molar-refractivity contribution in [2.45, 2.75) is 0 Å². The lowest BCUT2D eigenvalue weighted by atomic mass is 11.0. The van der Waals surface area contributed by atoms with Crippen LogP contribution in [0.15, 0.2) is 0 Å². The highest BCUT2D eigenvalue weighted by molar-refractivity contribution is 5.85. The first kappa shape index (κ1) is 30.4. The van der Waals surface area contributed by atoms with Crippen molar-refractivity contribution >= 4 is 12.4 Å². The standard InChI is InChI=1S/C3H9N.3CH5N.ClH/c1-4(2)3;3*1-2;/h1-3H3;3*2H2,1H3;1H. The number of nitrogens with two attached hydrogens (primary N) is 3. The van der Waals surface area contributed by atoms with Gasteiger partial charge >= 0.3 is 0 Å². The van der Waals surface area contributed by atoms with Crippen molar-refractivity contribution in [2.24, 2.45) is 17.2 Å². The molecule has 76 valence electrons. The van der Waals surface area contributed by atoms with Gasteiger partial charge in [-0.15, -0.1) is 12.4 Å². The van der Waals surface area contributed by atoms with Gasteiger partial charge in [0.25, 0.3) is 0 Å². The van der Waals surface area contributed by atoms with Crippen LogP contribution in [0.1, 0.15) is 0 Å². The summed E-state index contributed by atoms with van der Waals surface area (Å²) in [6, 6.07) is 0. The summed E-state index contributed by atoms with van der Waals surface area (Å²) in [5, 5.41) is 0. The van der Waals surface area contributed by atoms with Gasteiger partial charge in [-0.05, 0) is 42.3 Å². The molecule has 0 heterocycles. The van der Waals surface area contributed by atoms with Crippen LogP contribution >= 0.6 is 12.4 Å². The molecule has 11 heavy (non-hydrogen) atoms. The average Bonchev–Trinajstić information content (AvgIpc) is 1.98. The van der Waals surface area contributed by atoms with Crippen LogP contribution < -0.4 is 17.2 Å². The molecule has 0 radical (unpaired) electrons. The molecule has 0 aromatic carbocycles. The molecule has 0 aliphatic rings. The molecule has 0 aliphatic heterocycles. The summed E-state index contributed by atoms with van der Waals surface area (Å²) in [4.78, 5) is 2.00. The van der Waals surface area contributed by atoms with Crippen molar-refractivity contribution in [3.63, 3.8) is 0 Å². The van der Waals surface area contributed by atoms with Gasteiger partial charge in [-0.3, -0.25) is 0 Å². The molecule has 0 saturated heterocycles. The molecule has 0 atom stereocenters. The van der Waals surface area contributed by atoms with Crippen molar-refractivity contribution < 1.29 is 0 Å². The summed E-state index contributed by atoms with van der Waals surface area (Å²) in [6.07, 6.45) is 0. The lowest BCUT2D eigenvalue weighted by Crippen LogP contribution is -1.99. The fourth-order valence-corrected chi connectivity index (χ4v) is 0. The third-order valence-corrected chi connectivity index (χ3v) is 0. The number of nitrogens with zero attached hydrogens (tertiary/aromatic N) is 1. The zero-order chi connectivity index (χ0) is 9.58. The minimum atomic E-state index is 0. The predicted molar refractivity (Wildman–Crippen MR) is 57.2 cm³/mol. The first-order valence-electron chi connectivity index (χ1n) is 3.07. The number of halogens is 1. The van der Waals surface area contributed by atoms with Crippen molar-refractivity contribution in [3.05, 3.63) is 0 Å². The van der Waals surface area contributed by atoms with Gasteiger partial charge in [-0.25, -0.2) is 0 Å². The fourth-order valence-electron chi connectivity index (χ4n) is 0. The molecule has 4 nitrogen and oxygen atoms in total. The first-order valence-corrected chi connectivity index (χ1v) is 3.07. The van der Waals surface area contributed by atoms with Gasteiger partial charge in [0.1, 0.15) is 0 Å². The second-order valence-corrected chi connectivity index (χ2v) is 1.34. The van der Waals surface area contributed by atoms with E-state index in [0.29, 0.717) is 0 Å². The molecule has 0 amide bonds. The Kier molecular flexibility index (Phi) is 238. The van der Waals surface area contributed by atoms with Crippen molar-refractivity contribution in [2.75, 3.05) is 42.3 Å². The van der Waals surface area contributed by atoms with E-state index in [2.05, 4.69) is 17.2 Å².